The van der Waals surface area contributed by atoms with Crippen LogP contribution in [0.25, 0.3) is 60.7 Å². The zero-order valence-electron chi connectivity index (χ0n) is 18.8. The Morgan fingerprint density at radius 2 is 1.57 bits per heavy atom. The lowest BCUT2D eigenvalue weighted by molar-refractivity contribution is 1.24. The highest BCUT2D eigenvalue weighted by Gasteiger charge is 2.28. The van der Waals surface area contributed by atoms with E-state index in [0.717, 1.165) is 51.3 Å². The molecule has 4 heteroatoms. The first-order valence-electron chi connectivity index (χ1n) is 12.0. The average molecular weight is 447 g/mol. The number of pyridine rings is 3. The molecule has 4 aromatic heterocycles. The number of fused-ring (bicyclic) bond motifs is 15. The molecule has 0 unspecified atom stereocenters. The van der Waals surface area contributed by atoms with Gasteiger partial charge in [0.2, 0.25) is 0 Å². The average Bonchev–Trinajstić information content (AvgIpc) is 3.58. The maximum Gasteiger partial charge on any atom is 0.165 e. The lowest BCUT2D eigenvalue weighted by Gasteiger charge is -2.10. The van der Waals surface area contributed by atoms with Crippen molar-refractivity contribution in [1.82, 2.24) is 19.4 Å². The standard InChI is InChI=1S/C31H18N4/c1-2-5-21-17(4-1)12-19-15-25-20(14-24(19)21)13-18-7-8-26-30(28(18)25)35-27-16-32-11-9-22(27)23-6-3-10-33-29(23)31(35)34-26/h1-11,14-16H,12-13H2. The van der Waals surface area contributed by atoms with Crippen molar-refractivity contribution < 1.29 is 0 Å². The van der Waals surface area contributed by atoms with Crippen LogP contribution in [0.1, 0.15) is 22.3 Å². The molecule has 2 aliphatic rings. The van der Waals surface area contributed by atoms with Gasteiger partial charge in [-0.25, -0.2) is 4.98 Å². The lowest BCUT2D eigenvalue weighted by atomic mass is 9.97. The van der Waals surface area contributed by atoms with Gasteiger partial charge in [0, 0.05) is 28.7 Å². The number of nitrogens with zero attached hydrogens (tertiary/aromatic N) is 4. The normalized spacial score (nSPS) is 13.5. The molecule has 0 atom stereocenters. The van der Waals surface area contributed by atoms with Gasteiger partial charge in [0.15, 0.2) is 5.65 Å². The van der Waals surface area contributed by atoms with E-state index in [-0.39, 0.29) is 0 Å². The molecule has 0 amide bonds. The van der Waals surface area contributed by atoms with Crippen molar-refractivity contribution in [2.24, 2.45) is 0 Å². The Labute approximate surface area is 200 Å². The SMILES string of the molecule is c1ccc2c(c1)Cc1cc3c(cc1-2)Cc1ccc2nc4c5ncccc5c5ccncc5n4c2c1-3. The van der Waals surface area contributed by atoms with E-state index in [9.17, 15) is 0 Å². The van der Waals surface area contributed by atoms with E-state index in [0.29, 0.717) is 0 Å². The highest BCUT2D eigenvalue weighted by Crippen LogP contribution is 2.47. The summed E-state index contributed by atoms with van der Waals surface area (Å²) in [6, 6.07) is 24.3. The minimum Gasteiger partial charge on any atom is -0.288 e. The second kappa shape index (κ2) is 6.10. The number of aromatic nitrogens is 4. The third-order valence-corrected chi connectivity index (χ3v) is 7.92. The molecule has 0 bridgehead atoms. The van der Waals surface area contributed by atoms with Crippen LogP contribution in [-0.4, -0.2) is 19.4 Å². The Bertz CT molecular complexity index is 2070. The van der Waals surface area contributed by atoms with Gasteiger partial charge in [-0.1, -0.05) is 36.4 Å². The monoisotopic (exact) mass is 446 g/mol. The molecule has 0 saturated carbocycles. The highest BCUT2D eigenvalue weighted by molar-refractivity contribution is 6.13. The van der Waals surface area contributed by atoms with Gasteiger partial charge < -0.3 is 0 Å². The van der Waals surface area contributed by atoms with Gasteiger partial charge in [-0.2, -0.15) is 0 Å². The van der Waals surface area contributed by atoms with Crippen molar-refractivity contribution in [3.8, 4) is 22.3 Å². The van der Waals surface area contributed by atoms with Gasteiger partial charge in [-0.3, -0.25) is 14.4 Å². The van der Waals surface area contributed by atoms with E-state index >= 15 is 0 Å². The van der Waals surface area contributed by atoms with E-state index < -0.39 is 0 Å². The zero-order valence-corrected chi connectivity index (χ0v) is 18.8. The molecule has 35 heavy (non-hydrogen) atoms. The number of rotatable bonds is 0. The second-order valence-corrected chi connectivity index (χ2v) is 9.71. The summed E-state index contributed by atoms with van der Waals surface area (Å²) >= 11 is 0. The molecule has 9 rings (SSSR count). The zero-order chi connectivity index (χ0) is 22.7. The van der Waals surface area contributed by atoms with E-state index in [4.69, 9.17) is 9.97 Å². The van der Waals surface area contributed by atoms with Crippen LogP contribution in [0, 0.1) is 0 Å². The summed E-state index contributed by atoms with van der Waals surface area (Å²) in [7, 11) is 0. The first kappa shape index (κ1) is 17.8. The van der Waals surface area contributed by atoms with E-state index in [1.807, 2.05) is 24.7 Å². The smallest absolute Gasteiger partial charge is 0.165 e. The largest absolute Gasteiger partial charge is 0.288 e. The van der Waals surface area contributed by atoms with E-state index in [2.05, 4.69) is 70.0 Å². The maximum absolute atomic E-state index is 5.12. The summed E-state index contributed by atoms with van der Waals surface area (Å²) in [6.07, 6.45) is 7.63. The van der Waals surface area contributed by atoms with Crippen molar-refractivity contribution in [2.45, 2.75) is 12.8 Å². The molecule has 162 valence electrons. The van der Waals surface area contributed by atoms with Crippen molar-refractivity contribution in [1.29, 1.82) is 0 Å². The fourth-order valence-electron chi connectivity index (χ4n) is 6.46. The van der Waals surface area contributed by atoms with Gasteiger partial charge in [0.1, 0.15) is 5.52 Å². The van der Waals surface area contributed by atoms with E-state index in [1.165, 1.54) is 44.5 Å². The molecule has 0 aliphatic heterocycles. The first-order chi connectivity index (χ1) is 17.3. The number of imidazole rings is 1. The Morgan fingerprint density at radius 1 is 0.686 bits per heavy atom. The fraction of sp³-hybridized carbons (Fsp3) is 0.0645. The van der Waals surface area contributed by atoms with Gasteiger partial charge in [-0.05, 0) is 82.1 Å². The molecule has 0 N–H and O–H groups in total. The number of hydrogen-bond acceptors (Lipinski definition) is 3. The van der Waals surface area contributed by atoms with Crippen LogP contribution in [0.5, 0.6) is 0 Å². The van der Waals surface area contributed by atoms with Gasteiger partial charge in [-0.15, -0.1) is 0 Å². The Kier molecular flexibility index (Phi) is 3.11. The Morgan fingerprint density at radius 3 is 2.57 bits per heavy atom. The third kappa shape index (κ3) is 2.15. The molecule has 4 heterocycles. The summed E-state index contributed by atoms with van der Waals surface area (Å²) in [5, 5.41) is 2.26. The van der Waals surface area contributed by atoms with Gasteiger partial charge in [0.05, 0.1) is 22.7 Å². The Balaban J connectivity index is 1.43. The molecule has 4 nitrogen and oxygen atoms in total. The minimum absolute atomic E-state index is 0.895. The molecule has 7 aromatic rings. The fourth-order valence-corrected chi connectivity index (χ4v) is 6.46. The summed E-state index contributed by atoms with van der Waals surface area (Å²) in [6.45, 7) is 0. The summed E-state index contributed by atoms with van der Waals surface area (Å²) < 4.78 is 2.29. The van der Waals surface area contributed by atoms with Crippen molar-refractivity contribution in [3.05, 3.63) is 108 Å². The van der Waals surface area contributed by atoms with Gasteiger partial charge >= 0.3 is 0 Å². The third-order valence-electron chi connectivity index (χ3n) is 7.92. The quantitative estimate of drug-likeness (QED) is 0.243. The maximum atomic E-state index is 5.12. The topological polar surface area (TPSA) is 43.1 Å². The number of hydrogen-bond donors (Lipinski definition) is 0. The molecular formula is C31H18N4. The van der Waals surface area contributed by atoms with Gasteiger partial charge in [0.25, 0.3) is 0 Å². The molecule has 3 aromatic carbocycles. The molecule has 0 radical (unpaired) electrons. The van der Waals surface area contributed by atoms with Crippen LogP contribution < -0.4 is 0 Å². The van der Waals surface area contributed by atoms with Crippen molar-refractivity contribution in [2.75, 3.05) is 0 Å². The van der Waals surface area contributed by atoms with Crippen LogP contribution in [0.4, 0.5) is 0 Å². The molecule has 2 aliphatic carbocycles. The van der Waals surface area contributed by atoms with E-state index in [1.54, 1.807) is 0 Å². The predicted octanol–water partition coefficient (Wildman–Crippen LogP) is 6.73. The summed E-state index contributed by atoms with van der Waals surface area (Å²) in [5.41, 5.74) is 16.1. The van der Waals surface area contributed by atoms with Crippen LogP contribution in [0.2, 0.25) is 0 Å². The van der Waals surface area contributed by atoms with Crippen LogP contribution >= 0.6 is 0 Å². The predicted molar refractivity (Wildman–Crippen MR) is 140 cm³/mol. The van der Waals surface area contributed by atoms with Crippen LogP contribution in [-0.2, 0) is 12.8 Å². The van der Waals surface area contributed by atoms with Crippen LogP contribution in [0.15, 0.2) is 85.3 Å². The lowest BCUT2D eigenvalue weighted by Crippen LogP contribution is -1.95. The Hall–Kier alpha value is -4.57. The minimum atomic E-state index is 0.895. The highest BCUT2D eigenvalue weighted by atomic mass is 15.0. The molecule has 0 fully saturated rings. The molecule has 0 spiro atoms. The molecule has 0 saturated heterocycles. The first-order valence-corrected chi connectivity index (χ1v) is 12.0. The van der Waals surface area contributed by atoms with Crippen LogP contribution in [0.3, 0.4) is 0 Å². The van der Waals surface area contributed by atoms with Crippen molar-refractivity contribution in [3.63, 3.8) is 0 Å². The summed E-state index contributed by atoms with van der Waals surface area (Å²) in [5.74, 6) is 0. The second-order valence-electron chi connectivity index (χ2n) is 9.71. The number of benzene rings is 3. The molecular weight excluding hydrogens is 428 g/mol. The summed E-state index contributed by atoms with van der Waals surface area (Å²) in [4.78, 5) is 14.4. The van der Waals surface area contributed by atoms with Crippen molar-refractivity contribution >= 4 is 38.5 Å².